The first-order valence-electron chi connectivity index (χ1n) is 23.5. The zero-order valence-corrected chi connectivity index (χ0v) is 41.9. The number of aliphatic carboxylic acids is 3. The Morgan fingerprint density at radius 2 is 1.04 bits per heavy atom. The van der Waals surface area contributed by atoms with E-state index in [4.69, 9.17) is 16.6 Å². The number of nitrogens with one attached hydrogen (secondary N) is 9. The number of nitrogens with two attached hydrogens (primary N) is 2. The summed E-state index contributed by atoms with van der Waals surface area (Å²) in [4.78, 5) is 178. The van der Waals surface area contributed by atoms with Gasteiger partial charge in [0.1, 0.15) is 42.3 Å². The van der Waals surface area contributed by atoms with Crippen LogP contribution in [0.1, 0.15) is 79.6 Å². The number of amides is 11. The number of carboxylic acid groups (broad SMARTS) is 3. The van der Waals surface area contributed by atoms with Crippen LogP contribution in [0.3, 0.4) is 0 Å². The van der Waals surface area contributed by atoms with Gasteiger partial charge in [0, 0.05) is 19.4 Å². The van der Waals surface area contributed by atoms with Crippen molar-refractivity contribution >= 4 is 82.9 Å². The highest BCUT2D eigenvalue weighted by molar-refractivity contribution is 5.99. The highest BCUT2D eigenvalue weighted by atomic mass is 16.4. The van der Waals surface area contributed by atoms with Crippen LogP contribution in [0, 0.1) is 11.8 Å². The van der Waals surface area contributed by atoms with E-state index >= 15 is 0 Å². The molecule has 10 atom stereocenters. The Balaban J connectivity index is 3.04. The lowest BCUT2D eigenvalue weighted by Crippen LogP contribution is -2.61. The first-order chi connectivity index (χ1) is 34.9. The highest BCUT2D eigenvalue weighted by Gasteiger charge is 2.40. The molecule has 19 N–H and O–H groups in total. The van der Waals surface area contributed by atoms with Gasteiger partial charge in [-0.1, -0.05) is 27.7 Å². The molecule has 422 valence electrons. The Morgan fingerprint density at radius 3 is 1.52 bits per heavy atom. The smallest absolute Gasteiger partial charge is 0.328 e. The molecule has 1 saturated heterocycles. The van der Waals surface area contributed by atoms with Crippen LogP contribution < -0.4 is 59.3 Å². The van der Waals surface area contributed by atoms with Gasteiger partial charge in [-0.05, 0) is 44.4 Å². The first-order valence-corrected chi connectivity index (χ1v) is 23.5. The standard InChI is InChI=1S/C43H70N12O20/c1-18(2)32(53-37(68)22(9-11-31(64)65)49-35(66)21(44)8-10-30(62)63)40(71)50-24(16-56)36(67)46-14-28(60)48-23(13-27(45)59)38(69)54-33(19(3)4)41(72)51-25(17-57)42(73)55-12-6-7-26(55)39(70)47-15-29(61)52-34(20(5)58)43(74)75/h18-26,32-34,56-58H,6-17,44H2,1-5H3,(H2,45,59)(H,46,67)(H,47,70)(H,48,60)(H,49,66)(H,50,71)(H,51,72)(H,52,61)(H,53,68)(H,54,69)(H,62,63)(H,64,65)(H,74,75)/t20-,21+,22+,23+,24+,25+,26+,32+,33+,34+/m1/s1. The quantitative estimate of drug-likeness (QED) is 0.0290. The molecule has 11 amide bonds. The van der Waals surface area contributed by atoms with Crippen molar-refractivity contribution in [2.75, 3.05) is 32.8 Å². The Kier molecular flexibility index (Phi) is 27.8. The second-order valence-corrected chi connectivity index (χ2v) is 18.0. The van der Waals surface area contributed by atoms with E-state index in [1.54, 1.807) is 0 Å². The summed E-state index contributed by atoms with van der Waals surface area (Å²) in [6.45, 7) is 3.21. The third-order valence-electron chi connectivity index (χ3n) is 11.2. The van der Waals surface area contributed by atoms with Crippen molar-refractivity contribution in [3.63, 3.8) is 0 Å². The molecule has 1 fully saturated rings. The summed E-state index contributed by atoms with van der Waals surface area (Å²) >= 11 is 0. The number of aliphatic hydroxyl groups is 3. The molecule has 75 heavy (non-hydrogen) atoms. The van der Waals surface area contributed by atoms with Crippen molar-refractivity contribution in [3.05, 3.63) is 0 Å². The van der Waals surface area contributed by atoms with Gasteiger partial charge in [-0.2, -0.15) is 0 Å². The van der Waals surface area contributed by atoms with Crippen LogP contribution in [0.2, 0.25) is 0 Å². The molecule has 0 aromatic carbocycles. The van der Waals surface area contributed by atoms with Crippen molar-refractivity contribution in [2.24, 2.45) is 23.3 Å². The van der Waals surface area contributed by atoms with E-state index in [1.165, 1.54) is 27.7 Å². The molecule has 0 spiro atoms. The summed E-state index contributed by atoms with van der Waals surface area (Å²) < 4.78 is 0. The van der Waals surface area contributed by atoms with Gasteiger partial charge >= 0.3 is 17.9 Å². The lowest BCUT2D eigenvalue weighted by Gasteiger charge is -2.30. The Hall–Kier alpha value is -7.58. The van der Waals surface area contributed by atoms with E-state index in [0.29, 0.717) is 0 Å². The lowest BCUT2D eigenvalue weighted by atomic mass is 10.0. The van der Waals surface area contributed by atoms with E-state index in [1.807, 2.05) is 5.32 Å². The average molecular weight is 1080 g/mol. The maximum Gasteiger partial charge on any atom is 0.328 e. The minimum Gasteiger partial charge on any atom is -0.481 e. The molecule has 1 aliphatic heterocycles. The molecule has 1 heterocycles. The van der Waals surface area contributed by atoms with Gasteiger partial charge in [-0.3, -0.25) is 62.3 Å². The maximum atomic E-state index is 13.6. The monoisotopic (exact) mass is 1070 g/mol. The van der Waals surface area contributed by atoms with Gasteiger partial charge < -0.3 is 94.9 Å². The zero-order valence-electron chi connectivity index (χ0n) is 41.9. The topological polar surface area (TPSA) is 524 Å². The van der Waals surface area contributed by atoms with Gasteiger partial charge in [0.15, 0.2) is 6.04 Å². The van der Waals surface area contributed by atoms with Gasteiger partial charge in [0.25, 0.3) is 0 Å². The lowest BCUT2D eigenvalue weighted by molar-refractivity contribution is -0.145. The first kappa shape index (κ1) is 65.4. The number of rotatable bonds is 33. The van der Waals surface area contributed by atoms with Crippen molar-refractivity contribution in [1.82, 2.24) is 52.8 Å². The highest BCUT2D eigenvalue weighted by Crippen LogP contribution is 2.19. The molecule has 1 aliphatic rings. The van der Waals surface area contributed by atoms with Crippen molar-refractivity contribution in [2.45, 2.75) is 140 Å². The predicted molar refractivity (Wildman–Crippen MR) is 253 cm³/mol. The number of hydrogen-bond donors (Lipinski definition) is 17. The molecule has 0 aromatic heterocycles. The van der Waals surface area contributed by atoms with Crippen LogP contribution in [-0.4, -0.2) is 212 Å². The van der Waals surface area contributed by atoms with E-state index in [0.717, 1.165) is 11.8 Å². The fourth-order valence-electron chi connectivity index (χ4n) is 7.05. The van der Waals surface area contributed by atoms with Gasteiger partial charge in [0.2, 0.25) is 65.0 Å². The molecule has 32 nitrogen and oxygen atoms in total. The minimum absolute atomic E-state index is 0.0220. The molecule has 1 rings (SSSR count). The van der Waals surface area contributed by atoms with E-state index in [-0.39, 0.29) is 25.8 Å². The van der Waals surface area contributed by atoms with E-state index in [2.05, 4.69) is 42.5 Å². The van der Waals surface area contributed by atoms with Crippen LogP contribution in [0.4, 0.5) is 0 Å². The van der Waals surface area contributed by atoms with Gasteiger partial charge in [-0.15, -0.1) is 0 Å². The molecule has 0 unspecified atom stereocenters. The summed E-state index contributed by atoms with van der Waals surface area (Å²) in [6.07, 6.45) is -3.87. The molecule has 0 bridgehead atoms. The maximum absolute atomic E-state index is 13.6. The minimum atomic E-state index is -1.79. The molecule has 0 saturated carbocycles. The number of aliphatic hydroxyl groups excluding tert-OH is 3. The molecule has 0 aliphatic carbocycles. The summed E-state index contributed by atoms with van der Waals surface area (Å²) in [7, 11) is 0. The van der Waals surface area contributed by atoms with Crippen molar-refractivity contribution in [1.29, 1.82) is 0 Å². The summed E-state index contributed by atoms with van der Waals surface area (Å²) in [6, 6.07) is -14.1. The number of primary amides is 1. The molecule has 0 radical (unpaired) electrons. The summed E-state index contributed by atoms with van der Waals surface area (Å²) in [5, 5.41) is 76.9. The Bertz CT molecular complexity index is 2110. The second kappa shape index (κ2) is 31.9. The fourth-order valence-corrected chi connectivity index (χ4v) is 7.05. The third kappa shape index (κ3) is 22.6. The number of likely N-dealkylation sites (tertiary alicyclic amines) is 1. The van der Waals surface area contributed by atoms with Crippen LogP contribution in [0.15, 0.2) is 0 Å². The fraction of sp³-hybridized carbons (Fsp3) is 0.674. The third-order valence-corrected chi connectivity index (χ3v) is 11.2. The van der Waals surface area contributed by atoms with E-state index in [9.17, 15) is 92.7 Å². The Labute approximate surface area is 428 Å². The van der Waals surface area contributed by atoms with Crippen LogP contribution >= 0.6 is 0 Å². The van der Waals surface area contributed by atoms with Crippen molar-refractivity contribution < 1.29 is 97.8 Å². The number of nitrogens with zero attached hydrogens (tertiary/aromatic N) is 1. The normalized spacial score (nSPS) is 16.7. The summed E-state index contributed by atoms with van der Waals surface area (Å²) in [5.74, 6) is -17.1. The predicted octanol–water partition coefficient (Wildman–Crippen LogP) is -8.70. The summed E-state index contributed by atoms with van der Waals surface area (Å²) in [5.41, 5.74) is 11.0. The van der Waals surface area contributed by atoms with Crippen LogP contribution in [-0.2, 0) is 67.1 Å². The van der Waals surface area contributed by atoms with E-state index < -0.39 is 207 Å². The zero-order chi connectivity index (χ0) is 57.4. The van der Waals surface area contributed by atoms with Gasteiger partial charge in [-0.25, -0.2) is 4.79 Å². The SMILES string of the molecule is CC(C)[C@H](NC(=O)[C@H](CCC(=O)O)NC(=O)[C@@H](N)CCC(=O)O)C(=O)N[C@@H](CO)C(=O)NCC(=O)N[C@@H](CC(N)=O)C(=O)N[C@H](C(=O)N[C@@H](CO)C(=O)N1CCC[C@H]1C(=O)NCC(=O)N[C@H](C(=O)O)[C@@H](C)O)C(C)C. The second-order valence-electron chi connectivity index (χ2n) is 18.0. The molecular formula is C43H70N12O20. The van der Waals surface area contributed by atoms with Crippen LogP contribution in [0.25, 0.3) is 0 Å². The average Bonchev–Trinajstić information content (AvgIpc) is 3.83. The number of carboxylic acids is 3. The number of carbonyl (C=O) groups is 14. The Morgan fingerprint density at radius 1 is 0.560 bits per heavy atom. The van der Waals surface area contributed by atoms with Crippen LogP contribution in [0.5, 0.6) is 0 Å². The molecule has 32 heteroatoms. The largest absolute Gasteiger partial charge is 0.481 e. The van der Waals surface area contributed by atoms with Crippen molar-refractivity contribution in [3.8, 4) is 0 Å². The molecule has 0 aromatic rings. The van der Waals surface area contributed by atoms with Gasteiger partial charge in [0.05, 0.1) is 44.9 Å². The number of hydrogen-bond acceptors (Lipinski definition) is 18. The number of carbonyl (C=O) groups excluding carboxylic acids is 11. The molecular weight excluding hydrogens is 1000 g/mol.